The van der Waals surface area contributed by atoms with E-state index in [1.54, 1.807) is 6.20 Å². The molecule has 0 fully saturated rings. The first-order valence-corrected chi connectivity index (χ1v) is 7.13. The van der Waals surface area contributed by atoms with E-state index in [-0.39, 0.29) is 5.91 Å². The van der Waals surface area contributed by atoms with Gasteiger partial charge in [-0.25, -0.2) is 4.98 Å². The van der Waals surface area contributed by atoms with E-state index in [0.717, 1.165) is 23.7 Å². The van der Waals surface area contributed by atoms with E-state index < -0.39 is 0 Å². The number of nitrogens with one attached hydrogen (secondary N) is 2. The minimum absolute atomic E-state index is 0.0578. The molecular formula is C14H17N3OS. The summed E-state index contributed by atoms with van der Waals surface area (Å²) < 4.78 is 0. The molecule has 0 atom stereocenters. The van der Waals surface area contributed by atoms with Crippen molar-refractivity contribution in [2.24, 2.45) is 0 Å². The van der Waals surface area contributed by atoms with Crippen LogP contribution in [0, 0.1) is 0 Å². The molecule has 1 amide bonds. The van der Waals surface area contributed by atoms with E-state index in [0.29, 0.717) is 11.4 Å². The Kier molecular flexibility index (Phi) is 5.06. The molecule has 2 N–H and O–H groups in total. The van der Waals surface area contributed by atoms with Gasteiger partial charge in [-0.15, -0.1) is 11.3 Å². The lowest BCUT2D eigenvalue weighted by Crippen LogP contribution is -2.31. The van der Waals surface area contributed by atoms with Gasteiger partial charge in [-0.2, -0.15) is 0 Å². The molecule has 1 aromatic carbocycles. The second-order valence-electron chi connectivity index (χ2n) is 4.01. The Morgan fingerprint density at radius 1 is 1.26 bits per heavy atom. The van der Waals surface area contributed by atoms with Gasteiger partial charge in [0.1, 0.15) is 9.88 Å². The Bertz CT molecular complexity index is 524. The molecule has 0 radical (unpaired) electrons. The van der Waals surface area contributed by atoms with Crippen LogP contribution < -0.4 is 10.6 Å². The highest BCUT2D eigenvalue weighted by atomic mass is 32.1. The van der Waals surface area contributed by atoms with Crippen LogP contribution >= 0.6 is 11.3 Å². The lowest BCUT2D eigenvalue weighted by Gasteiger charge is -2.03. The summed E-state index contributed by atoms with van der Waals surface area (Å²) in [4.78, 5) is 16.8. The van der Waals surface area contributed by atoms with Gasteiger partial charge in [0.15, 0.2) is 0 Å². The van der Waals surface area contributed by atoms with E-state index in [1.165, 1.54) is 11.3 Å². The number of nitrogens with zero attached hydrogens (tertiary/aromatic N) is 1. The molecule has 1 heterocycles. The molecule has 19 heavy (non-hydrogen) atoms. The molecule has 0 bridgehead atoms. The molecule has 0 saturated heterocycles. The summed E-state index contributed by atoms with van der Waals surface area (Å²) >= 11 is 1.41. The summed E-state index contributed by atoms with van der Waals surface area (Å²) in [6, 6.07) is 9.88. The summed E-state index contributed by atoms with van der Waals surface area (Å²) in [6.45, 7) is 4.36. The summed E-state index contributed by atoms with van der Waals surface area (Å²) in [6.07, 6.45) is 1.63. The van der Waals surface area contributed by atoms with Gasteiger partial charge in [0.05, 0.1) is 6.20 Å². The van der Waals surface area contributed by atoms with Crippen LogP contribution in [0.4, 0.5) is 0 Å². The average molecular weight is 275 g/mol. The highest BCUT2D eigenvalue weighted by Gasteiger charge is 2.10. The number of thiazole rings is 1. The third-order valence-electron chi connectivity index (χ3n) is 2.59. The number of carbonyl (C=O) groups excluding carboxylic acids is 1. The Labute approximate surface area is 116 Å². The Hall–Kier alpha value is -1.72. The number of likely N-dealkylation sites (N-methyl/N-ethyl adjacent to an activating group) is 1. The first-order chi connectivity index (χ1) is 9.31. The van der Waals surface area contributed by atoms with Crippen LogP contribution in [-0.2, 0) is 0 Å². The van der Waals surface area contributed by atoms with Crippen molar-refractivity contribution in [1.29, 1.82) is 0 Å². The van der Waals surface area contributed by atoms with E-state index in [4.69, 9.17) is 0 Å². The average Bonchev–Trinajstić information content (AvgIpc) is 2.94. The van der Waals surface area contributed by atoms with Gasteiger partial charge < -0.3 is 10.6 Å². The summed E-state index contributed by atoms with van der Waals surface area (Å²) in [5.41, 5.74) is 1.04. The molecule has 2 aromatic rings. The number of hydrogen-bond donors (Lipinski definition) is 2. The predicted octanol–water partition coefficient (Wildman–Crippen LogP) is 2.15. The van der Waals surface area contributed by atoms with Crippen LogP contribution in [-0.4, -0.2) is 30.5 Å². The first kappa shape index (κ1) is 13.7. The van der Waals surface area contributed by atoms with Crippen LogP contribution in [0.5, 0.6) is 0 Å². The molecule has 0 aliphatic carbocycles. The normalized spacial score (nSPS) is 10.4. The number of benzene rings is 1. The van der Waals surface area contributed by atoms with Gasteiger partial charge >= 0.3 is 0 Å². The van der Waals surface area contributed by atoms with Gasteiger partial charge in [0.2, 0.25) is 0 Å². The first-order valence-electron chi connectivity index (χ1n) is 6.31. The van der Waals surface area contributed by atoms with E-state index in [1.807, 2.05) is 37.3 Å². The number of carbonyl (C=O) groups is 1. The molecule has 0 spiro atoms. The third-order valence-corrected chi connectivity index (χ3v) is 3.63. The standard InChI is InChI=1S/C14H17N3OS/c1-2-15-8-9-16-13(18)12-10-17-14(19-12)11-6-4-3-5-7-11/h3-7,10,15H,2,8-9H2,1H3,(H,16,18). The monoisotopic (exact) mass is 275 g/mol. The van der Waals surface area contributed by atoms with Crippen molar-refractivity contribution >= 4 is 17.2 Å². The largest absolute Gasteiger partial charge is 0.350 e. The van der Waals surface area contributed by atoms with Gasteiger partial charge in [-0.05, 0) is 6.54 Å². The lowest BCUT2D eigenvalue weighted by molar-refractivity contribution is 0.0958. The van der Waals surface area contributed by atoms with Gasteiger partial charge in [0, 0.05) is 18.7 Å². The molecule has 0 aliphatic heterocycles. The molecule has 1 aromatic heterocycles. The van der Waals surface area contributed by atoms with Crippen molar-refractivity contribution < 1.29 is 4.79 Å². The minimum atomic E-state index is -0.0578. The van der Waals surface area contributed by atoms with Crippen molar-refractivity contribution in [3.05, 3.63) is 41.4 Å². The molecule has 5 heteroatoms. The molecular weight excluding hydrogens is 258 g/mol. The number of aromatic nitrogens is 1. The zero-order valence-corrected chi connectivity index (χ0v) is 11.7. The Balaban J connectivity index is 1.95. The van der Waals surface area contributed by atoms with Crippen LogP contribution in [0.1, 0.15) is 16.6 Å². The fourth-order valence-corrected chi connectivity index (χ4v) is 2.46. The molecule has 0 aliphatic rings. The number of hydrogen-bond acceptors (Lipinski definition) is 4. The zero-order chi connectivity index (χ0) is 13.5. The maximum Gasteiger partial charge on any atom is 0.263 e. The Morgan fingerprint density at radius 3 is 2.79 bits per heavy atom. The predicted molar refractivity (Wildman–Crippen MR) is 78.4 cm³/mol. The van der Waals surface area contributed by atoms with Crippen LogP contribution in [0.3, 0.4) is 0 Å². The molecule has 2 rings (SSSR count). The highest BCUT2D eigenvalue weighted by molar-refractivity contribution is 7.16. The van der Waals surface area contributed by atoms with Crippen molar-refractivity contribution in [3.8, 4) is 10.6 Å². The zero-order valence-electron chi connectivity index (χ0n) is 10.8. The molecule has 0 saturated carbocycles. The topological polar surface area (TPSA) is 54.0 Å². The van der Waals surface area contributed by atoms with E-state index in [2.05, 4.69) is 15.6 Å². The fourth-order valence-electron chi connectivity index (χ4n) is 1.62. The second-order valence-corrected chi connectivity index (χ2v) is 5.04. The van der Waals surface area contributed by atoms with Crippen molar-refractivity contribution in [3.63, 3.8) is 0 Å². The second kappa shape index (κ2) is 7.01. The SMILES string of the molecule is CCNCCNC(=O)c1cnc(-c2ccccc2)s1. The van der Waals surface area contributed by atoms with E-state index >= 15 is 0 Å². The number of amides is 1. The number of rotatable bonds is 6. The smallest absolute Gasteiger partial charge is 0.263 e. The summed E-state index contributed by atoms with van der Waals surface area (Å²) in [5.74, 6) is -0.0578. The highest BCUT2D eigenvalue weighted by Crippen LogP contribution is 2.24. The fraction of sp³-hybridized carbons (Fsp3) is 0.286. The molecule has 100 valence electrons. The Morgan fingerprint density at radius 2 is 2.05 bits per heavy atom. The maximum atomic E-state index is 11.9. The van der Waals surface area contributed by atoms with Crippen molar-refractivity contribution in [1.82, 2.24) is 15.6 Å². The van der Waals surface area contributed by atoms with Gasteiger partial charge in [0.25, 0.3) is 5.91 Å². The van der Waals surface area contributed by atoms with E-state index in [9.17, 15) is 4.79 Å². The minimum Gasteiger partial charge on any atom is -0.350 e. The summed E-state index contributed by atoms with van der Waals surface area (Å²) in [5, 5.41) is 6.90. The van der Waals surface area contributed by atoms with Crippen LogP contribution in [0.25, 0.3) is 10.6 Å². The third kappa shape index (κ3) is 3.87. The van der Waals surface area contributed by atoms with Crippen LogP contribution in [0.2, 0.25) is 0 Å². The van der Waals surface area contributed by atoms with Crippen molar-refractivity contribution in [2.45, 2.75) is 6.92 Å². The van der Waals surface area contributed by atoms with Gasteiger partial charge in [-0.1, -0.05) is 37.3 Å². The van der Waals surface area contributed by atoms with Gasteiger partial charge in [-0.3, -0.25) is 4.79 Å². The molecule has 4 nitrogen and oxygen atoms in total. The van der Waals surface area contributed by atoms with Crippen LogP contribution in [0.15, 0.2) is 36.5 Å². The quantitative estimate of drug-likeness (QED) is 0.794. The summed E-state index contributed by atoms with van der Waals surface area (Å²) in [7, 11) is 0. The van der Waals surface area contributed by atoms with Crippen molar-refractivity contribution in [2.75, 3.05) is 19.6 Å². The maximum absolute atomic E-state index is 11.9. The molecule has 0 unspecified atom stereocenters. The lowest BCUT2D eigenvalue weighted by atomic mass is 10.2.